The molecule has 3 unspecified atom stereocenters. The van der Waals surface area contributed by atoms with Gasteiger partial charge in [-0.3, -0.25) is 4.90 Å². The minimum Gasteiger partial charge on any atom is -0.311 e. The Morgan fingerprint density at radius 2 is 1.94 bits per heavy atom. The topological polar surface area (TPSA) is 15.3 Å². The monoisotopic (exact) mass is 240 g/mol. The minimum atomic E-state index is 0.701. The molecule has 0 amide bonds. The second kappa shape index (κ2) is 7.38. The zero-order valence-electron chi connectivity index (χ0n) is 12.5. The SMILES string of the molecule is CCCC1CNC(C(C)CC)CN1CC(C)C. The van der Waals surface area contributed by atoms with Crippen LogP contribution < -0.4 is 5.32 Å². The average Bonchev–Trinajstić information content (AvgIpc) is 2.30. The molecule has 2 nitrogen and oxygen atoms in total. The van der Waals surface area contributed by atoms with Crippen molar-refractivity contribution >= 4 is 0 Å². The van der Waals surface area contributed by atoms with Gasteiger partial charge in [0, 0.05) is 31.7 Å². The van der Waals surface area contributed by atoms with E-state index in [1.165, 1.54) is 38.9 Å². The van der Waals surface area contributed by atoms with Crippen LogP contribution in [0.5, 0.6) is 0 Å². The van der Waals surface area contributed by atoms with Gasteiger partial charge in [-0.1, -0.05) is 47.5 Å². The van der Waals surface area contributed by atoms with E-state index in [4.69, 9.17) is 0 Å². The van der Waals surface area contributed by atoms with Crippen LogP contribution in [0.1, 0.15) is 53.9 Å². The summed E-state index contributed by atoms with van der Waals surface area (Å²) in [5.41, 5.74) is 0. The Morgan fingerprint density at radius 1 is 1.24 bits per heavy atom. The van der Waals surface area contributed by atoms with Crippen molar-refractivity contribution in [2.45, 2.75) is 66.0 Å². The molecule has 0 aromatic heterocycles. The molecule has 1 aliphatic heterocycles. The lowest BCUT2D eigenvalue weighted by molar-refractivity contribution is 0.0914. The predicted molar refractivity (Wildman–Crippen MR) is 76.4 cm³/mol. The van der Waals surface area contributed by atoms with Gasteiger partial charge in [-0.05, 0) is 18.3 Å². The number of hydrogen-bond donors (Lipinski definition) is 1. The number of nitrogens with zero attached hydrogens (tertiary/aromatic N) is 1. The third kappa shape index (κ3) is 4.59. The lowest BCUT2D eigenvalue weighted by atomic mass is 9.94. The van der Waals surface area contributed by atoms with E-state index >= 15 is 0 Å². The molecule has 1 fully saturated rings. The fraction of sp³-hybridized carbons (Fsp3) is 1.00. The smallest absolute Gasteiger partial charge is 0.0221 e. The summed E-state index contributed by atoms with van der Waals surface area (Å²) in [5.74, 6) is 1.58. The van der Waals surface area contributed by atoms with E-state index in [9.17, 15) is 0 Å². The Kier molecular flexibility index (Phi) is 6.50. The van der Waals surface area contributed by atoms with E-state index in [0.717, 1.165) is 17.9 Å². The van der Waals surface area contributed by atoms with Crippen molar-refractivity contribution in [3.05, 3.63) is 0 Å². The van der Waals surface area contributed by atoms with Gasteiger partial charge >= 0.3 is 0 Å². The van der Waals surface area contributed by atoms with Crippen LogP contribution in [0.2, 0.25) is 0 Å². The third-order valence-corrected chi connectivity index (χ3v) is 4.12. The lowest BCUT2D eigenvalue weighted by Gasteiger charge is -2.43. The predicted octanol–water partition coefficient (Wildman–Crippen LogP) is 3.13. The van der Waals surface area contributed by atoms with E-state index in [0.29, 0.717) is 6.04 Å². The van der Waals surface area contributed by atoms with Crippen LogP contribution in [0.25, 0.3) is 0 Å². The van der Waals surface area contributed by atoms with Gasteiger partial charge < -0.3 is 5.32 Å². The summed E-state index contributed by atoms with van der Waals surface area (Å²) in [4.78, 5) is 2.74. The van der Waals surface area contributed by atoms with Gasteiger partial charge in [0.05, 0.1) is 0 Å². The van der Waals surface area contributed by atoms with Gasteiger partial charge in [0.25, 0.3) is 0 Å². The van der Waals surface area contributed by atoms with Crippen LogP contribution >= 0.6 is 0 Å². The molecular weight excluding hydrogens is 208 g/mol. The van der Waals surface area contributed by atoms with Crippen LogP contribution in [0, 0.1) is 11.8 Å². The summed E-state index contributed by atoms with van der Waals surface area (Å²) in [7, 11) is 0. The van der Waals surface area contributed by atoms with Gasteiger partial charge in [-0.15, -0.1) is 0 Å². The molecule has 0 bridgehead atoms. The molecule has 0 spiro atoms. The van der Waals surface area contributed by atoms with E-state index in [1.807, 2.05) is 0 Å². The summed E-state index contributed by atoms with van der Waals surface area (Å²) in [6.45, 7) is 15.4. The van der Waals surface area contributed by atoms with Crippen LogP contribution in [0.3, 0.4) is 0 Å². The van der Waals surface area contributed by atoms with Crippen LogP contribution in [0.15, 0.2) is 0 Å². The summed E-state index contributed by atoms with van der Waals surface area (Å²) in [6, 6.07) is 1.47. The van der Waals surface area contributed by atoms with Crippen molar-refractivity contribution in [3.8, 4) is 0 Å². The molecule has 0 aromatic carbocycles. The Bertz CT molecular complexity index is 203. The minimum absolute atomic E-state index is 0.701. The molecular formula is C15H32N2. The fourth-order valence-corrected chi connectivity index (χ4v) is 2.86. The van der Waals surface area contributed by atoms with Crippen molar-refractivity contribution < 1.29 is 0 Å². The van der Waals surface area contributed by atoms with Crippen molar-refractivity contribution in [1.29, 1.82) is 0 Å². The maximum Gasteiger partial charge on any atom is 0.0221 e. The number of piperazine rings is 1. The first-order valence-corrected chi connectivity index (χ1v) is 7.55. The zero-order chi connectivity index (χ0) is 12.8. The molecule has 1 heterocycles. The van der Waals surface area contributed by atoms with Crippen molar-refractivity contribution in [1.82, 2.24) is 10.2 Å². The molecule has 3 atom stereocenters. The second-order valence-electron chi connectivity index (χ2n) is 6.19. The quantitative estimate of drug-likeness (QED) is 0.767. The molecule has 0 aliphatic carbocycles. The number of rotatable bonds is 6. The average molecular weight is 240 g/mol. The molecule has 17 heavy (non-hydrogen) atoms. The normalized spacial score (nSPS) is 28.6. The highest BCUT2D eigenvalue weighted by atomic mass is 15.2. The van der Waals surface area contributed by atoms with Crippen molar-refractivity contribution in [2.75, 3.05) is 19.6 Å². The van der Waals surface area contributed by atoms with Gasteiger partial charge in [0.15, 0.2) is 0 Å². The van der Waals surface area contributed by atoms with E-state index < -0.39 is 0 Å². The first kappa shape index (κ1) is 15.0. The Labute approximate surface area is 108 Å². The zero-order valence-corrected chi connectivity index (χ0v) is 12.5. The molecule has 0 radical (unpaired) electrons. The second-order valence-corrected chi connectivity index (χ2v) is 6.19. The van der Waals surface area contributed by atoms with Crippen LogP contribution in [-0.4, -0.2) is 36.6 Å². The fourth-order valence-electron chi connectivity index (χ4n) is 2.86. The standard InChI is InChI=1S/C15H32N2/c1-6-8-14-9-16-15(13(5)7-2)11-17(14)10-12(3)4/h12-16H,6-11H2,1-5H3. The largest absolute Gasteiger partial charge is 0.311 e. The van der Waals surface area contributed by atoms with E-state index in [-0.39, 0.29) is 0 Å². The molecule has 2 heteroatoms. The van der Waals surface area contributed by atoms with Gasteiger partial charge in [0.1, 0.15) is 0 Å². The highest BCUT2D eigenvalue weighted by Gasteiger charge is 2.29. The Hall–Kier alpha value is -0.0800. The molecule has 0 saturated carbocycles. The molecule has 0 aromatic rings. The molecule has 1 N–H and O–H groups in total. The summed E-state index contributed by atoms with van der Waals surface area (Å²) >= 11 is 0. The summed E-state index contributed by atoms with van der Waals surface area (Å²) < 4.78 is 0. The first-order chi connectivity index (χ1) is 8.08. The van der Waals surface area contributed by atoms with Gasteiger partial charge in [-0.25, -0.2) is 0 Å². The van der Waals surface area contributed by atoms with Crippen LogP contribution in [-0.2, 0) is 0 Å². The van der Waals surface area contributed by atoms with Gasteiger partial charge in [-0.2, -0.15) is 0 Å². The Balaban J connectivity index is 2.56. The maximum atomic E-state index is 3.77. The molecule has 1 rings (SSSR count). The van der Waals surface area contributed by atoms with Crippen molar-refractivity contribution in [2.24, 2.45) is 11.8 Å². The van der Waals surface area contributed by atoms with E-state index in [2.05, 4.69) is 44.8 Å². The summed E-state index contributed by atoms with van der Waals surface area (Å²) in [6.07, 6.45) is 3.92. The van der Waals surface area contributed by atoms with Gasteiger partial charge in [0.2, 0.25) is 0 Å². The molecule has 1 saturated heterocycles. The third-order valence-electron chi connectivity index (χ3n) is 4.12. The molecule has 1 aliphatic rings. The highest BCUT2D eigenvalue weighted by molar-refractivity contribution is 4.88. The number of hydrogen-bond acceptors (Lipinski definition) is 2. The summed E-state index contributed by atoms with van der Waals surface area (Å²) in [5, 5.41) is 3.77. The first-order valence-electron chi connectivity index (χ1n) is 7.55. The lowest BCUT2D eigenvalue weighted by Crippen LogP contribution is -2.58. The highest BCUT2D eigenvalue weighted by Crippen LogP contribution is 2.19. The van der Waals surface area contributed by atoms with E-state index in [1.54, 1.807) is 0 Å². The van der Waals surface area contributed by atoms with Crippen LogP contribution in [0.4, 0.5) is 0 Å². The number of nitrogens with one attached hydrogen (secondary N) is 1. The maximum absolute atomic E-state index is 3.77. The molecule has 102 valence electrons. The Morgan fingerprint density at radius 3 is 2.47 bits per heavy atom. The van der Waals surface area contributed by atoms with Crippen molar-refractivity contribution in [3.63, 3.8) is 0 Å².